The number of rotatable bonds is 3. The predicted octanol–water partition coefficient (Wildman–Crippen LogP) is 2.53. The maximum absolute atomic E-state index is 4.44. The number of halogens is 1. The Balaban J connectivity index is 0.00000147. The molecule has 4 nitrogen and oxygen atoms in total. The molecule has 5 heteroatoms. The van der Waals surface area contributed by atoms with Gasteiger partial charge in [-0.15, -0.1) is 24.0 Å². The number of aliphatic imine (C=N–C) groups is 1. The van der Waals surface area contributed by atoms with Crippen molar-refractivity contribution in [3.05, 3.63) is 35.5 Å². The van der Waals surface area contributed by atoms with Gasteiger partial charge in [0.1, 0.15) is 0 Å². The monoisotopic (exact) mass is 384 g/mol. The van der Waals surface area contributed by atoms with E-state index in [0.29, 0.717) is 0 Å². The minimum atomic E-state index is 0. The van der Waals surface area contributed by atoms with Gasteiger partial charge >= 0.3 is 0 Å². The van der Waals surface area contributed by atoms with Gasteiger partial charge in [0.25, 0.3) is 0 Å². The highest BCUT2D eigenvalue weighted by Crippen LogP contribution is 2.22. The molecule has 1 aromatic heterocycles. The number of guanidine groups is 1. The molecule has 1 aromatic carbocycles. The Morgan fingerprint density at radius 3 is 3.00 bits per heavy atom. The first-order valence-corrected chi connectivity index (χ1v) is 6.81. The molecule has 20 heavy (non-hydrogen) atoms. The Hall–Kier alpha value is -1.24. The smallest absolute Gasteiger partial charge is 0.193 e. The molecular weight excluding hydrogens is 363 g/mol. The lowest BCUT2D eigenvalue weighted by atomic mass is 10.1. The minimum absolute atomic E-state index is 0. The summed E-state index contributed by atoms with van der Waals surface area (Å²) in [7, 11) is 2.08. The van der Waals surface area contributed by atoms with Gasteiger partial charge in [0.05, 0.1) is 6.54 Å². The van der Waals surface area contributed by atoms with Crippen molar-refractivity contribution in [1.82, 2.24) is 15.2 Å². The van der Waals surface area contributed by atoms with Gasteiger partial charge in [-0.1, -0.05) is 12.1 Å². The lowest BCUT2D eigenvalue weighted by Crippen LogP contribution is -2.36. The van der Waals surface area contributed by atoms with Gasteiger partial charge in [0.2, 0.25) is 0 Å². The molecule has 0 aliphatic carbocycles. The van der Waals surface area contributed by atoms with Crippen LogP contribution in [0.3, 0.4) is 0 Å². The largest absolute Gasteiger partial charge is 0.361 e. The summed E-state index contributed by atoms with van der Waals surface area (Å²) in [5.41, 5.74) is 3.94. The fraction of sp³-hybridized carbons (Fsp3) is 0.400. The molecule has 0 fully saturated rings. The second kappa shape index (κ2) is 6.47. The number of H-pyrrole nitrogens is 1. The van der Waals surface area contributed by atoms with Crippen LogP contribution in [0.5, 0.6) is 0 Å². The number of fused-ring (bicyclic) bond motifs is 1. The van der Waals surface area contributed by atoms with Gasteiger partial charge in [0, 0.05) is 37.2 Å². The molecule has 0 atom stereocenters. The average Bonchev–Trinajstić information content (AvgIpc) is 2.98. The first-order chi connectivity index (χ1) is 9.25. The van der Waals surface area contributed by atoms with Crippen LogP contribution in [0, 0.1) is 6.92 Å². The van der Waals surface area contributed by atoms with Crippen molar-refractivity contribution in [2.24, 2.45) is 4.99 Å². The first kappa shape index (κ1) is 15.2. The molecule has 0 saturated carbocycles. The fourth-order valence-electron chi connectivity index (χ4n) is 2.68. The Bertz CT molecular complexity index is 617. The van der Waals surface area contributed by atoms with E-state index in [0.717, 1.165) is 32.0 Å². The van der Waals surface area contributed by atoms with Gasteiger partial charge in [0.15, 0.2) is 5.96 Å². The Kier molecular flexibility index (Phi) is 4.91. The zero-order valence-corrected chi connectivity index (χ0v) is 14.3. The summed E-state index contributed by atoms with van der Waals surface area (Å²) in [6.07, 6.45) is 3.14. The number of likely N-dealkylation sites (N-methyl/N-ethyl adjacent to an activating group) is 1. The normalized spacial score (nSPS) is 14.3. The zero-order chi connectivity index (χ0) is 13.2. The van der Waals surface area contributed by atoms with Gasteiger partial charge in [-0.2, -0.15) is 0 Å². The van der Waals surface area contributed by atoms with Crippen LogP contribution in [0.25, 0.3) is 10.9 Å². The number of hydrogen-bond acceptors (Lipinski definition) is 3. The number of aromatic nitrogens is 1. The predicted molar refractivity (Wildman–Crippen MR) is 95.1 cm³/mol. The average molecular weight is 384 g/mol. The number of nitrogens with zero attached hydrogens (tertiary/aromatic N) is 2. The summed E-state index contributed by atoms with van der Waals surface area (Å²) in [4.78, 5) is 9.95. The van der Waals surface area contributed by atoms with Crippen LogP contribution in [0.4, 0.5) is 0 Å². The topological polar surface area (TPSA) is 43.4 Å². The second-order valence-corrected chi connectivity index (χ2v) is 5.12. The van der Waals surface area contributed by atoms with E-state index in [1.54, 1.807) is 0 Å². The molecule has 0 amide bonds. The molecule has 0 radical (unpaired) electrons. The van der Waals surface area contributed by atoms with Crippen LogP contribution < -0.4 is 5.32 Å². The quantitative estimate of drug-likeness (QED) is 0.799. The number of nitrogens with one attached hydrogen (secondary N) is 2. The second-order valence-electron chi connectivity index (χ2n) is 5.12. The third kappa shape index (κ3) is 2.92. The highest BCUT2D eigenvalue weighted by molar-refractivity contribution is 14.0. The van der Waals surface area contributed by atoms with Gasteiger partial charge in [-0.05, 0) is 30.5 Å². The lowest BCUT2D eigenvalue weighted by molar-refractivity contribution is 0.534. The highest BCUT2D eigenvalue weighted by Gasteiger charge is 2.11. The maximum atomic E-state index is 4.44. The zero-order valence-electron chi connectivity index (χ0n) is 11.9. The molecule has 0 bridgehead atoms. The van der Waals surface area contributed by atoms with Crippen LogP contribution in [-0.4, -0.2) is 42.5 Å². The van der Waals surface area contributed by atoms with Gasteiger partial charge in [-0.3, -0.25) is 4.99 Å². The molecule has 0 unspecified atom stereocenters. The Morgan fingerprint density at radius 2 is 2.25 bits per heavy atom. The summed E-state index contributed by atoms with van der Waals surface area (Å²) >= 11 is 0. The number of aromatic amines is 1. The highest BCUT2D eigenvalue weighted by atomic mass is 127. The van der Waals surface area contributed by atoms with Crippen LogP contribution in [0.1, 0.15) is 11.1 Å². The number of aryl methyl sites for hydroxylation is 1. The summed E-state index contributed by atoms with van der Waals surface area (Å²) in [5, 5.41) is 4.78. The minimum Gasteiger partial charge on any atom is -0.361 e. The van der Waals surface area contributed by atoms with Crippen molar-refractivity contribution in [2.45, 2.75) is 13.3 Å². The van der Waals surface area contributed by atoms with Crippen LogP contribution in [0.2, 0.25) is 0 Å². The Morgan fingerprint density at radius 1 is 1.40 bits per heavy atom. The summed E-state index contributed by atoms with van der Waals surface area (Å²) in [6.45, 7) is 5.02. The Labute approximate surface area is 136 Å². The standard InChI is InChI=1S/C15H20N4.HI/c1-11-4-3-5-13-14(11)12(10-18-13)6-7-16-15-17-8-9-19(15)2;/h3-5,10,18H,6-9H2,1-2H3,(H,16,17);1H. The van der Waals surface area contributed by atoms with Crippen molar-refractivity contribution in [3.8, 4) is 0 Å². The van der Waals surface area contributed by atoms with E-state index in [1.165, 1.54) is 22.0 Å². The van der Waals surface area contributed by atoms with E-state index < -0.39 is 0 Å². The summed E-state index contributed by atoms with van der Waals surface area (Å²) < 4.78 is 0. The maximum Gasteiger partial charge on any atom is 0.193 e. The van der Waals surface area contributed by atoms with Gasteiger partial charge < -0.3 is 15.2 Å². The van der Waals surface area contributed by atoms with Crippen LogP contribution >= 0.6 is 24.0 Å². The molecule has 1 aliphatic rings. The van der Waals surface area contributed by atoms with Crippen molar-refractivity contribution < 1.29 is 0 Å². The number of benzene rings is 1. The fourth-order valence-corrected chi connectivity index (χ4v) is 2.68. The van der Waals surface area contributed by atoms with Crippen molar-refractivity contribution in [3.63, 3.8) is 0 Å². The molecule has 2 heterocycles. The SMILES string of the molecule is Cc1cccc2[nH]cc(CCNC3=NCCN3C)c12.I. The number of hydrogen-bond donors (Lipinski definition) is 2. The molecule has 2 N–H and O–H groups in total. The van der Waals surface area contributed by atoms with E-state index in [9.17, 15) is 0 Å². The third-order valence-electron chi connectivity index (χ3n) is 3.73. The van der Waals surface area contributed by atoms with Crippen LogP contribution in [-0.2, 0) is 6.42 Å². The van der Waals surface area contributed by atoms with Crippen LogP contribution in [0.15, 0.2) is 29.4 Å². The summed E-state index contributed by atoms with van der Waals surface area (Å²) in [6, 6.07) is 6.40. The molecular formula is C15H21IN4. The van der Waals surface area contributed by atoms with E-state index in [1.807, 2.05) is 0 Å². The molecule has 3 rings (SSSR count). The lowest BCUT2D eigenvalue weighted by Gasteiger charge is -2.15. The third-order valence-corrected chi connectivity index (χ3v) is 3.73. The first-order valence-electron chi connectivity index (χ1n) is 6.81. The van der Waals surface area contributed by atoms with E-state index in [2.05, 4.69) is 58.6 Å². The van der Waals surface area contributed by atoms with Crippen molar-refractivity contribution in [2.75, 3.05) is 26.7 Å². The molecule has 108 valence electrons. The van der Waals surface area contributed by atoms with Gasteiger partial charge in [-0.25, -0.2) is 0 Å². The van der Waals surface area contributed by atoms with E-state index in [4.69, 9.17) is 0 Å². The molecule has 2 aromatic rings. The summed E-state index contributed by atoms with van der Waals surface area (Å²) in [5.74, 6) is 1.02. The molecule has 0 saturated heterocycles. The van der Waals surface area contributed by atoms with E-state index >= 15 is 0 Å². The van der Waals surface area contributed by atoms with Crippen molar-refractivity contribution >= 4 is 40.8 Å². The van der Waals surface area contributed by atoms with Crippen molar-refractivity contribution in [1.29, 1.82) is 0 Å². The molecule has 1 aliphatic heterocycles. The molecule has 0 spiro atoms. The van der Waals surface area contributed by atoms with E-state index in [-0.39, 0.29) is 24.0 Å².